The first kappa shape index (κ1) is 10.5. The third kappa shape index (κ3) is 2.34. The van der Waals surface area contributed by atoms with Gasteiger partial charge in [0, 0.05) is 11.3 Å². The van der Waals surface area contributed by atoms with Crippen molar-refractivity contribution in [3.8, 4) is 0 Å². The quantitative estimate of drug-likeness (QED) is 0.816. The molecule has 0 saturated heterocycles. The SMILES string of the molecule is CSC1(CNc2cncc(N)n2)CCC1. The van der Waals surface area contributed by atoms with E-state index in [1.807, 2.05) is 11.8 Å². The zero-order valence-electron chi connectivity index (χ0n) is 8.86. The van der Waals surface area contributed by atoms with Crippen molar-refractivity contribution in [2.24, 2.45) is 0 Å². The fourth-order valence-electron chi connectivity index (χ4n) is 1.74. The lowest BCUT2D eigenvalue weighted by atomic mass is 9.84. The topological polar surface area (TPSA) is 63.8 Å². The normalized spacial score (nSPS) is 18.2. The molecule has 5 heteroatoms. The van der Waals surface area contributed by atoms with E-state index in [1.165, 1.54) is 19.3 Å². The number of thioether (sulfide) groups is 1. The van der Waals surface area contributed by atoms with Crippen LogP contribution in [0.25, 0.3) is 0 Å². The number of nitrogens with zero attached hydrogens (tertiary/aromatic N) is 2. The van der Waals surface area contributed by atoms with Crippen molar-refractivity contribution in [1.29, 1.82) is 0 Å². The second-order valence-electron chi connectivity index (χ2n) is 3.92. The molecule has 1 aromatic rings. The lowest BCUT2D eigenvalue weighted by Gasteiger charge is -2.40. The second-order valence-corrected chi connectivity index (χ2v) is 5.20. The number of nitrogens with two attached hydrogens (primary N) is 1. The van der Waals surface area contributed by atoms with E-state index >= 15 is 0 Å². The van der Waals surface area contributed by atoms with Gasteiger partial charge in [-0.3, -0.25) is 4.98 Å². The molecule has 0 radical (unpaired) electrons. The predicted molar refractivity (Wildman–Crippen MR) is 65.0 cm³/mol. The van der Waals surface area contributed by atoms with Crippen molar-refractivity contribution < 1.29 is 0 Å². The van der Waals surface area contributed by atoms with Gasteiger partial charge < -0.3 is 11.1 Å². The van der Waals surface area contributed by atoms with Crippen LogP contribution in [0.15, 0.2) is 12.4 Å². The van der Waals surface area contributed by atoms with Crippen LogP contribution in [-0.4, -0.2) is 27.5 Å². The highest BCUT2D eigenvalue weighted by atomic mass is 32.2. The number of nitrogens with one attached hydrogen (secondary N) is 1. The molecule has 2 rings (SSSR count). The van der Waals surface area contributed by atoms with E-state index in [9.17, 15) is 0 Å². The molecule has 0 amide bonds. The maximum atomic E-state index is 5.56. The first-order valence-corrected chi connectivity index (χ1v) is 6.33. The summed E-state index contributed by atoms with van der Waals surface area (Å²) in [5.41, 5.74) is 5.56. The summed E-state index contributed by atoms with van der Waals surface area (Å²) >= 11 is 1.94. The first-order valence-electron chi connectivity index (χ1n) is 5.11. The van der Waals surface area contributed by atoms with Crippen molar-refractivity contribution in [2.45, 2.75) is 24.0 Å². The van der Waals surface area contributed by atoms with Gasteiger partial charge in [-0.25, -0.2) is 4.98 Å². The van der Waals surface area contributed by atoms with Gasteiger partial charge in [0.1, 0.15) is 11.6 Å². The van der Waals surface area contributed by atoms with Crippen molar-refractivity contribution in [3.63, 3.8) is 0 Å². The standard InChI is InChI=1S/C10H16N4S/c1-15-10(3-2-4-10)7-13-9-6-12-5-8(11)14-9/h5-6H,2-4,7H2,1H3,(H3,11,13,14). The molecule has 1 heterocycles. The fourth-order valence-corrected chi connectivity index (χ4v) is 2.66. The summed E-state index contributed by atoms with van der Waals surface area (Å²) in [6.45, 7) is 0.951. The van der Waals surface area contributed by atoms with Gasteiger partial charge in [-0.1, -0.05) is 6.42 Å². The monoisotopic (exact) mass is 224 g/mol. The molecule has 82 valence electrons. The molecule has 0 spiro atoms. The minimum atomic E-state index is 0.409. The molecule has 1 aliphatic carbocycles. The van der Waals surface area contributed by atoms with Gasteiger partial charge >= 0.3 is 0 Å². The van der Waals surface area contributed by atoms with Gasteiger partial charge in [0.15, 0.2) is 0 Å². The number of hydrogen-bond acceptors (Lipinski definition) is 5. The molecule has 1 saturated carbocycles. The average molecular weight is 224 g/mol. The van der Waals surface area contributed by atoms with Gasteiger partial charge in [-0.05, 0) is 19.1 Å². The molecule has 1 aliphatic rings. The van der Waals surface area contributed by atoms with E-state index in [0.717, 1.165) is 12.4 Å². The van der Waals surface area contributed by atoms with Crippen LogP contribution in [0.1, 0.15) is 19.3 Å². The Hall–Kier alpha value is -0.970. The molecule has 4 nitrogen and oxygen atoms in total. The Balaban J connectivity index is 1.92. The third-order valence-corrected chi connectivity index (χ3v) is 4.36. The van der Waals surface area contributed by atoms with Crippen LogP contribution in [0.3, 0.4) is 0 Å². The van der Waals surface area contributed by atoms with Gasteiger partial charge in [0.05, 0.1) is 12.4 Å². The smallest absolute Gasteiger partial charge is 0.147 e. The minimum absolute atomic E-state index is 0.409. The molecular weight excluding hydrogens is 208 g/mol. The highest BCUT2D eigenvalue weighted by Gasteiger charge is 2.35. The van der Waals surface area contributed by atoms with Crippen molar-refractivity contribution >= 4 is 23.4 Å². The molecule has 3 N–H and O–H groups in total. The van der Waals surface area contributed by atoms with Crippen LogP contribution >= 0.6 is 11.8 Å². The summed E-state index contributed by atoms with van der Waals surface area (Å²) in [4.78, 5) is 8.16. The summed E-state index contributed by atoms with van der Waals surface area (Å²) in [7, 11) is 0. The molecule has 1 aromatic heterocycles. The van der Waals surface area contributed by atoms with E-state index < -0.39 is 0 Å². The fraction of sp³-hybridized carbons (Fsp3) is 0.600. The Bertz CT molecular complexity index is 332. The third-order valence-electron chi connectivity index (χ3n) is 2.94. The summed E-state index contributed by atoms with van der Waals surface area (Å²) in [5, 5.41) is 3.30. The molecular formula is C10H16N4S. The number of nitrogen functional groups attached to an aromatic ring is 1. The lowest BCUT2D eigenvalue weighted by Crippen LogP contribution is -2.40. The lowest BCUT2D eigenvalue weighted by molar-refractivity contribution is 0.379. The number of rotatable bonds is 4. The Labute approximate surface area is 94.1 Å². The Morgan fingerprint density at radius 2 is 2.33 bits per heavy atom. The van der Waals surface area contributed by atoms with E-state index in [-0.39, 0.29) is 0 Å². The zero-order chi connectivity index (χ0) is 10.7. The minimum Gasteiger partial charge on any atom is -0.382 e. The summed E-state index contributed by atoms with van der Waals surface area (Å²) in [6.07, 6.45) is 9.35. The van der Waals surface area contributed by atoms with E-state index in [4.69, 9.17) is 5.73 Å². The van der Waals surface area contributed by atoms with Gasteiger partial charge in [0.25, 0.3) is 0 Å². The van der Waals surface area contributed by atoms with Crippen molar-refractivity contribution in [2.75, 3.05) is 23.9 Å². The van der Waals surface area contributed by atoms with Crippen LogP contribution < -0.4 is 11.1 Å². The molecule has 0 bridgehead atoms. The summed E-state index contributed by atoms with van der Waals surface area (Å²) in [5.74, 6) is 1.24. The van der Waals surface area contributed by atoms with E-state index in [1.54, 1.807) is 12.4 Å². The van der Waals surface area contributed by atoms with Crippen LogP contribution in [0.2, 0.25) is 0 Å². The first-order chi connectivity index (χ1) is 7.24. The van der Waals surface area contributed by atoms with Crippen LogP contribution in [0.5, 0.6) is 0 Å². The molecule has 0 atom stereocenters. The van der Waals surface area contributed by atoms with Gasteiger partial charge in [-0.2, -0.15) is 11.8 Å². The zero-order valence-corrected chi connectivity index (χ0v) is 9.68. The Morgan fingerprint density at radius 3 is 2.87 bits per heavy atom. The number of aromatic nitrogens is 2. The van der Waals surface area contributed by atoms with Crippen LogP contribution in [0.4, 0.5) is 11.6 Å². The second kappa shape index (κ2) is 4.26. The highest BCUT2D eigenvalue weighted by Crippen LogP contribution is 2.42. The van der Waals surface area contributed by atoms with Gasteiger partial charge in [-0.15, -0.1) is 0 Å². The van der Waals surface area contributed by atoms with Crippen molar-refractivity contribution in [3.05, 3.63) is 12.4 Å². The van der Waals surface area contributed by atoms with Gasteiger partial charge in [0.2, 0.25) is 0 Å². The largest absolute Gasteiger partial charge is 0.382 e. The highest BCUT2D eigenvalue weighted by molar-refractivity contribution is 8.00. The van der Waals surface area contributed by atoms with E-state index in [0.29, 0.717) is 10.6 Å². The molecule has 0 aromatic carbocycles. The molecule has 1 fully saturated rings. The van der Waals surface area contributed by atoms with Crippen LogP contribution in [0, 0.1) is 0 Å². The number of anilines is 2. The van der Waals surface area contributed by atoms with Crippen molar-refractivity contribution in [1.82, 2.24) is 9.97 Å². The molecule has 0 aliphatic heterocycles. The number of hydrogen-bond donors (Lipinski definition) is 2. The molecule has 0 unspecified atom stereocenters. The Morgan fingerprint density at radius 1 is 1.53 bits per heavy atom. The van der Waals surface area contributed by atoms with E-state index in [2.05, 4.69) is 21.5 Å². The Kier molecular flexibility index (Phi) is 3.00. The maximum absolute atomic E-state index is 5.56. The maximum Gasteiger partial charge on any atom is 0.147 e. The average Bonchev–Trinajstić information content (AvgIpc) is 2.17. The van der Waals surface area contributed by atoms with Crippen LogP contribution in [-0.2, 0) is 0 Å². The summed E-state index contributed by atoms with van der Waals surface area (Å²) < 4.78 is 0.409. The predicted octanol–water partition coefficient (Wildman–Crippen LogP) is 1.76. The molecule has 15 heavy (non-hydrogen) atoms. The summed E-state index contributed by atoms with van der Waals surface area (Å²) in [6, 6.07) is 0.